The summed E-state index contributed by atoms with van der Waals surface area (Å²) in [6.45, 7) is 6.45. The van der Waals surface area contributed by atoms with Crippen LogP contribution in [0.2, 0.25) is 0 Å². The summed E-state index contributed by atoms with van der Waals surface area (Å²) < 4.78 is 10.9. The van der Waals surface area contributed by atoms with Gasteiger partial charge >= 0.3 is 0 Å². The Morgan fingerprint density at radius 1 is 1.38 bits per heavy atom. The second-order valence-electron chi connectivity index (χ2n) is 4.95. The lowest BCUT2D eigenvalue weighted by molar-refractivity contribution is -0.120. The van der Waals surface area contributed by atoms with Gasteiger partial charge in [-0.05, 0) is 24.6 Å². The molecule has 1 unspecified atom stereocenters. The zero-order valence-corrected chi connectivity index (χ0v) is 9.90. The van der Waals surface area contributed by atoms with Gasteiger partial charge in [0.15, 0.2) is 0 Å². The summed E-state index contributed by atoms with van der Waals surface area (Å²) in [4.78, 5) is 0. The third kappa shape index (κ3) is 2.54. The zero-order chi connectivity index (χ0) is 11.6. The molecule has 0 aromatic heterocycles. The highest BCUT2D eigenvalue weighted by Crippen LogP contribution is 2.27. The van der Waals surface area contributed by atoms with E-state index < -0.39 is 0 Å². The summed E-state index contributed by atoms with van der Waals surface area (Å²) in [5.41, 5.74) is 7.10. The molecule has 2 rings (SSSR count). The van der Waals surface area contributed by atoms with Gasteiger partial charge in [-0.1, -0.05) is 19.1 Å². The molecule has 2 N–H and O–H groups in total. The molecule has 0 amide bonds. The molecule has 1 saturated heterocycles. The molecule has 0 spiro atoms. The molecule has 1 atom stereocenters. The summed E-state index contributed by atoms with van der Waals surface area (Å²) >= 11 is 0. The number of rotatable bonds is 4. The third-order valence-electron chi connectivity index (χ3n) is 2.89. The van der Waals surface area contributed by atoms with E-state index in [1.807, 2.05) is 31.2 Å². The van der Waals surface area contributed by atoms with Gasteiger partial charge in [0, 0.05) is 11.5 Å². The van der Waals surface area contributed by atoms with E-state index in [1.165, 1.54) is 0 Å². The van der Waals surface area contributed by atoms with E-state index in [1.54, 1.807) is 0 Å². The highest BCUT2D eigenvalue weighted by molar-refractivity contribution is 5.28. The monoisotopic (exact) mass is 221 g/mol. The van der Waals surface area contributed by atoms with Crippen molar-refractivity contribution in [3.63, 3.8) is 0 Å². The second kappa shape index (κ2) is 4.44. The van der Waals surface area contributed by atoms with Crippen LogP contribution in [0.3, 0.4) is 0 Å². The normalized spacial score (nSPS) is 19.9. The Balaban J connectivity index is 1.90. The smallest absolute Gasteiger partial charge is 0.119 e. The molecule has 1 fully saturated rings. The molecule has 0 bridgehead atoms. The van der Waals surface area contributed by atoms with Crippen LogP contribution in [0, 0.1) is 5.41 Å². The lowest BCUT2D eigenvalue weighted by atomic mass is 9.90. The van der Waals surface area contributed by atoms with E-state index in [2.05, 4.69) is 6.92 Å². The van der Waals surface area contributed by atoms with E-state index in [4.69, 9.17) is 15.2 Å². The van der Waals surface area contributed by atoms with E-state index in [0.29, 0.717) is 6.61 Å². The van der Waals surface area contributed by atoms with Gasteiger partial charge in [-0.3, -0.25) is 0 Å². The topological polar surface area (TPSA) is 44.5 Å². The maximum absolute atomic E-state index is 5.78. The summed E-state index contributed by atoms with van der Waals surface area (Å²) in [7, 11) is 0. The van der Waals surface area contributed by atoms with E-state index >= 15 is 0 Å². The van der Waals surface area contributed by atoms with Gasteiger partial charge in [-0.2, -0.15) is 0 Å². The van der Waals surface area contributed by atoms with Gasteiger partial charge < -0.3 is 15.2 Å². The van der Waals surface area contributed by atoms with Crippen LogP contribution in [0.1, 0.15) is 25.5 Å². The van der Waals surface area contributed by atoms with Crippen molar-refractivity contribution in [1.82, 2.24) is 0 Å². The molecule has 1 heterocycles. The Kier molecular flexibility index (Phi) is 3.17. The first-order valence-corrected chi connectivity index (χ1v) is 5.65. The highest BCUT2D eigenvalue weighted by atomic mass is 16.5. The van der Waals surface area contributed by atoms with Crippen LogP contribution in [-0.4, -0.2) is 19.8 Å². The Hall–Kier alpha value is -1.06. The van der Waals surface area contributed by atoms with Crippen LogP contribution in [0.15, 0.2) is 24.3 Å². The van der Waals surface area contributed by atoms with Gasteiger partial charge in [0.05, 0.1) is 19.8 Å². The standard InChI is InChI=1S/C13H19NO2/c1-10(14)11-3-5-12(6-4-11)16-9-13(2)7-15-8-13/h3-6,10H,7-9,14H2,1-2H3. The summed E-state index contributed by atoms with van der Waals surface area (Å²) in [5.74, 6) is 0.900. The molecule has 88 valence electrons. The predicted molar refractivity (Wildman–Crippen MR) is 63.5 cm³/mol. The lowest BCUT2D eigenvalue weighted by Crippen LogP contribution is -2.44. The van der Waals surface area contributed by atoms with Crippen molar-refractivity contribution in [1.29, 1.82) is 0 Å². The first kappa shape index (κ1) is 11.4. The Labute approximate surface area is 96.5 Å². The molecule has 1 aliphatic rings. The molecule has 1 aromatic rings. The molecule has 3 heteroatoms. The van der Waals surface area contributed by atoms with Crippen molar-refractivity contribution in [3.05, 3.63) is 29.8 Å². The predicted octanol–water partition coefficient (Wildman–Crippen LogP) is 2.12. The molecule has 0 radical (unpaired) electrons. The van der Waals surface area contributed by atoms with Crippen LogP contribution < -0.4 is 10.5 Å². The maximum Gasteiger partial charge on any atom is 0.119 e. The van der Waals surface area contributed by atoms with E-state index in [9.17, 15) is 0 Å². The van der Waals surface area contributed by atoms with Gasteiger partial charge in [0.1, 0.15) is 5.75 Å². The fourth-order valence-electron chi connectivity index (χ4n) is 1.66. The van der Waals surface area contributed by atoms with Crippen LogP contribution in [0.4, 0.5) is 0 Å². The van der Waals surface area contributed by atoms with Gasteiger partial charge in [-0.15, -0.1) is 0 Å². The molecule has 3 nitrogen and oxygen atoms in total. The number of hydrogen-bond donors (Lipinski definition) is 1. The fraction of sp³-hybridized carbons (Fsp3) is 0.538. The van der Waals surface area contributed by atoms with Crippen LogP contribution in [-0.2, 0) is 4.74 Å². The molecule has 1 aromatic carbocycles. The quantitative estimate of drug-likeness (QED) is 0.847. The summed E-state index contributed by atoms with van der Waals surface area (Å²) in [6, 6.07) is 8.05. The average Bonchev–Trinajstić information content (AvgIpc) is 2.24. The number of benzene rings is 1. The minimum atomic E-state index is 0.0756. The molecular weight excluding hydrogens is 202 g/mol. The number of ether oxygens (including phenoxy) is 2. The third-order valence-corrected chi connectivity index (χ3v) is 2.89. The molecular formula is C13H19NO2. The van der Waals surface area contributed by atoms with Crippen molar-refractivity contribution in [2.24, 2.45) is 11.1 Å². The Bertz CT molecular complexity index is 341. The van der Waals surface area contributed by atoms with Crippen molar-refractivity contribution < 1.29 is 9.47 Å². The summed E-state index contributed by atoms with van der Waals surface area (Å²) in [5, 5.41) is 0. The zero-order valence-electron chi connectivity index (χ0n) is 9.90. The van der Waals surface area contributed by atoms with Gasteiger partial charge in [0.25, 0.3) is 0 Å². The van der Waals surface area contributed by atoms with E-state index in [-0.39, 0.29) is 11.5 Å². The number of nitrogens with two attached hydrogens (primary N) is 1. The van der Waals surface area contributed by atoms with Crippen molar-refractivity contribution in [2.75, 3.05) is 19.8 Å². The van der Waals surface area contributed by atoms with Gasteiger partial charge in [0.2, 0.25) is 0 Å². The lowest BCUT2D eigenvalue weighted by Gasteiger charge is -2.37. The van der Waals surface area contributed by atoms with Crippen LogP contribution >= 0.6 is 0 Å². The molecule has 16 heavy (non-hydrogen) atoms. The largest absolute Gasteiger partial charge is 0.493 e. The SMILES string of the molecule is CC(N)c1ccc(OCC2(C)COC2)cc1. The minimum Gasteiger partial charge on any atom is -0.493 e. The highest BCUT2D eigenvalue weighted by Gasteiger charge is 2.34. The van der Waals surface area contributed by atoms with Gasteiger partial charge in [-0.25, -0.2) is 0 Å². The Morgan fingerprint density at radius 2 is 2.00 bits per heavy atom. The average molecular weight is 221 g/mol. The number of hydrogen-bond acceptors (Lipinski definition) is 3. The van der Waals surface area contributed by atoms with Crippen LogP contribution in [0.5, 0.6) is 5.75 Å². The first-order valence-electron chi connectivity index (χ1n) is 5.65. The first-order chi connectivity index (χ1) is 7.59. The summed E-state index contributed by atoms with van der Waals surface area (Å²) in [6.07, 6.45) is 0. The van der Waals surface area contributed by atoms with Crippen molar-refractivity contribution in [2.45, 2.75) is 19.9 Å². The second-order valence-corrected chi connectivity index (χ2v) is 4.95. The molecule has 0 aliphatic carbocycles. The Morgan fingerprint density at radius 3 is 2.44 bits per heavy atom. The fourth-order valence-corrected chi connectivity index (χ4v) is 1.66. The van der Waals surface area contributed by atoms with E-state index in [0.717, 1.165) is 24.5 Å². The van der Waals surface area contributed by atoms with Crippen molar-refractivity contribution in [3.8, 4) is 5.75 Å². The maximum atomic E-state index is 5.78. The minimum absolute atomic E-state index is 0.0756. The van der Waals surface area contributed by atoms with Crippen LogP contribution in [0.25, 0.3) is 0 Å². The molecule has 0 saturated carbocycles. The van der Waals surface area contributed by atoms with Crippen molar-refractivity contribution >= 4 is 0 Å². The molecule has 1 aliphatic heterocycles.